The molecule has 0 unspecified atom stereocenters. The highest BCUT2D eigenvalue weighted by Crippen LogP contribution is 2.46. The van der Waals surface area contributed by atoms with Crippen LogP contribution in [-0.4, -0.2) is 5.91 Å². The zero-order valence-electron chi connectivity index (χ0n) is 17.1. The Bertz CT molecular complexity index is 1280. The lowest BCUT2D eigenvalue weighted by Crippen LogP contribution is -2.25. The number of carbonyl (C=O) groups excluding carboxylic acids is 1. The van der Waals surface area contributed by atoms with Crippen molar-refractivity contribution in [3.05, 3.63) is 120 Å². The van der Waals surface area contributed by atoms with E-state index in [1.54, 1.807) is 0 Å². The summed E-state index contributed by atoms with van der Waals surface area (Å²) in [7, 11) is 0. The van der Waals surface area contributed by atoms with E-state index in [9.17, 15) is 4.79 Å². The third-order valence-corrected chi connectivity index (χ3v) is 6.53. The van der Waals surface area contributed by atoms with E-state index in [1.807, 2.05) is 4.90 Å². The Morgan fingerprint density at radius 2 is 1.10 bits per heavy atom. The zero-order chi connectivity index (χ0) is 20.9. The van der Waals surface area contributed by atoms with Gasteiger partial charge >= 0.3 is 0 Å². The van der Waals surface area contributed by atoms with Gasteiger partial charge in [0.05, 0.1) is 11.4 Å². The van der Waals surface area contributed by atoms with Crippen LogP contribution in [0.3, 0.4) is 0 Å². The Morgan fingerprint density at radius 1 is 0.645 bits per heavy atom. The summed E-state index contributed by atoms with van der Waals surface area (Å²) in [5.41, 5.74) is 11.9. The molecule has 0 aromatic heterocycles. The van der Waals surface area contributed by atoms with Crippen LogP contribution in [-0.2, 0) is 17.6 Å². The summed E-state index contributed by atoms with van der Waals surface area (Å²) >= 11 is 0. The topological polar surface area (TPSA) is 20.3 Å². The molecular formula is C29H21NO. The number of carbonyl (C=O) groups is 1. The summed E-state index contributed by atoms with van der Waals surface area (Å²) < 4.78 is 0. The van der Waals surface area contributed by atoms with Crippen LogP contribution in [0.5, 0.6) is 0 Å². The summed E-state index contributed by atoms with van der Waals surface area (Å²) in [6, 6.07) is 29.6. The van der Waals surface area contributed by atoms with Crippen LogP contribution < -0.4 is 4.90 Å². The molecule has 0 fully saturated rings. The van der Waals surface area contributed by atoms with E-state index < -0.39 is 0 Å². The summed E-state index contributed by atoms with van der Waals surface area (Å²) in [5.74, 6) is -0.103. The van der Waals surface area contributed by atoms with E-state index in [0.29, 0.717) is 0 Å². The highest BCUT2D eigenvalue weighted by Gasteiger charge is 2.29. The SMILES string of the molecule is C=CC(=O)N(c1cccc2c1Cc1ccccc1-2)c1cccc2c1Cc1ccccc1-2. The number of rotatable bonds is 3. The monoisotopic (exact) mass is 399 g/mol. The lowest BCUT2D eigenvalue weighted by atomic mass is 10.0. The first-order chi connectivity index (χ1) is 15.3. The molecule has 2 heteroatoms. The maximum Gasteiger partial charge on any atom is 0.254 e. The molecule has 4 aromatic rings. The van der Waals surface area contributed by atoms with Crippen LogP contribution in [0.1, 0.15) is 22.3 Å². The quantitative estimate of drug-likeness (QED) is 0.304. The minimum atomic E-state index is -0.103. The normalized spacial score (nSPS) is 12.5. The maximum absolute atomic E-state index is 13.3. The van der Waals surface area contributed by atoms with Gasteiger partial charge in [-0.3, -0.25) is 9.69 Å². The first kappa shape index (κ1) is 17.9. The maximum atomic E-state index is 13.3. The smallest absolute Gasteiger partial charge is 0.254 e. The average molecular weight is 399 g/mol. The summed E-state index contributed by atoms with van der Waals surface area (Å²) in [6.07, 6.45) is 3.08. The van der Waals surface area contributed by atoms with Gasteiger partial charge in [0.25, 0.3) is 5.91 Å². The first-order valence-electron chi connectivity index (χ1n) is 10.6. The molecule has 0 saturated carbocycles. The summed E-state index contributed by atoms with van der Waals surface area (Å²) in [5, 5.41) is 0. The number of fused-ring (bicyclic) bond motifs is 6. The fraction of sp³-hybridized carbons (Fsp3) is 0.0690. The van der Waals surface area contributed by atoms with Crippen molar-refractivity contribution in [2.24, 2.45) is 0 Å². The molecule has 2 nitrogen and oxygen atoms in total. The third-order valence-electron chi connectivity index (χ3n) is 6.53. The molecule has 1 amide bonds. The molecule has 0 atom stereocenters. The van der Waals surface area contributed by atoms with Gasteiger partial charge in [0.15, 0.2) is 0 Å². The van der Waals surface area contributed by atoms with Crippen molar-refractivity contribution in [2.75, 3.05) is 4.90 Å². The number of amides is 1. The highest BCUT2D eigenvalue weighted by molar-refractivity contribution is 6.09. The standard InChI is InChI=1S/C29H21NO/c1-2-29(31)30(27-15-7-13-23-21-11-5-3-9-19(21)17-25(23)27)28-16-8-14-24-22-12-6-4-10-20(22)18-26(24)28/h2-16H,1,17-18H2. The van der Waals surface area contributed by atoms with Gasteiger partial charge in [-0.2, -0.15) is 0 Å². The van der Waals surface area contributed by atoms with Gasteiger partial charge in [0.2, 0.25) is 0 Å². The number of hydrogen-bond donors (Lipinski definition) is 0. The van der Waals surface area contributed by atoms with E-state index in [1.165, 1.54) is 50.6 Å². The second kappa shape index (κ2) is 6.82. The Labute approximate surface area is 182 Å². The molecule has 0 N–H and O–H groups in total. The molecule has 0 radical (unpaired) electrons. The molecule has 0 spiro atoms. The lowest BCUT2D eigenvalue weighted by Gasteiger charge is -2.26. The van der Waals surface area contributed by atoms with Crippen LogP contribution in [0.15, 0.2) is 97.6 Å². The molecular weight excluding hydrogens is 378 g/mol. The summed E-state index contributed by atoms with van der Waals surface area (Å²) in [6.45, 7) is 3.81. The largest absolute Gasteiger partial charge is 0.277 e. The second-order valence-corrected chi connectivity index (χ2v) is 8.15. The number of nitrogens with zero attached hydrogens (tertiary/aromatic N) is 1. The number of anilines is 2. The van der Waals surface area contributed by atoms with Gasteiger partial charge < -0.3 is 0 Å². The molecule has 31 heavy (non-hydrogen) atoms. The van der Waals surface area contributed by atoms with Gasteiger partial charge in [0.1, 0.15) is 0 Å². The van der Waals surface area contributed by atoms with Gasteiger partial charge in [-0.15, -0.1) is 0 Å². The molecule has 0 bridgehead atoms. The van der Waals surface area contributed by atoms with Crippen LogP contribution in [0.25, 0.3) is 22.3 Å². The highest BCUT2D eigenvalue weighted by atomic mass is 16.2. The first-order valence-corrected chi connectivity index (χ1v) is 10.6. The Morgan fingerprint density at radius 3 is 1.58 bits per heavy atom. The third kappa shape index (κ3) is 2.62. The van der Waals surface area contributed by atoms with Gasteiger partial charge in [-0.05, 0) is 62.7 Å². The lowest BCUT2D eigenvalue weighted by molar-refractivity contribution is -0.113. The van der Waals surface area contributed by atoms with Crippen LogP contribution in [0.4, 0.5) is 11.4 Å². The molecule has 6 rings (SSSR count). The van der Waals surface area contributed by atoms with E-state index in [-0.39, 0.29) is 5.91 Å². The number of hydrogen-bond acceptors (Lipinski definition) is 1. The molecule has 2 aliphatic carbocycles. The van der Waals surface area contributed by atoms with E-state index in [0.717, 1.165) is 24.2 Å². The van der Waals surface area contributed by atoms with E-state index in [4.69, 9.17) is 0 Å². The predicted molar refractivity (Wildman–Crippen MR) is 127 cm³/mol. The fourth-order valence-electron chi connectivity index (χ4n) is 5.16. The number of benzene rings is 4. The van der Waals surface area contributed by atoms with Crippen molar-refractivity contribution in [3.63, 3.8) is 0 Å². The van der Waals surface area contributed by atoms with Crippen molar-refractivity contribution in [1.82, 2.24) is 0 Å². The second-order valence-electron chi connectivity index (χ2n) is 8.15. The van der Waals surface area contributed by atoms with Gasteiger partial charge in [0, 0.05) is 12.8 Å². The van der Waals surface area contributed by atoms with E-state index in [2.05, 4.69) is 91.5 Å². The molecule has 0 heterocycles. The van der Waals surface area contributed by atoms with Crippen molar-refractivity contribution in [1.29, 1.82) is 0 Å². The Balaban J connectivity index is 1.55. The van der Waals surface area contributed by atoms with Gasteiger partial charge in [-0.1, -0.05) is 79.4 Å². The molecule has 4 aromatic carbocycles. The zero-order valence-corrected chi connectivity index (χ0v) is 17.1. The predicted octanol–water partition coefficient (Wildman–Crippen LogP) is 6.68. The van der Waals surface area contributed by atoms with Crippen molar-refractivity contribution < 1.29 is 4.79 Å². The minimum absolute atomic E-state index is 0.103. The Kier molecular flexibility index (Phi) is 3.94. The fourth-order valence-corrected chi connectivity index (χ4v) is 5.16. The van der Waals surface area contributed by atoms with Crippen LogP contribution in [0.2, 0.25) is 0 Å². The van der Waals surface area contributed by atoms with Crippen molar-refractivity contribution >= 4 is 17.3 Å². The minimum Gasteiger partial charge on any atom is -0.277 e. The summed E-state index contributed by atoms with van der Waals surface area (Å²) in [4.78, 5) is 15.1. The molecule has 0 saturated heterocycles. The molecule has 0 aliphatic heterocycles. The van der Waals surface area contributed by atoms with Crippen LogP contribution in [0, 0.1) is 0 Å². The average Bonchev–Trinajstić information content (AvgIpc) is 3.38. The molecule has 2 aliphatic rings. The van der Waals surface area contributed by atoms with Crippen LogP contribution >= 0.6 is 0 Å². The Hall–Kier alpha value is -3.91. The molecule has 148 valence electrons. The van der Waals surface area contributed by atoms with Crippen molar-refractivity contribution in [2.45, 2.75) is 12.8 Å². The van der Waals surface area contributed by atoms with Crippen molar-refractivity contribution in [3.8, 4) is 22.3 Å². The van der Waals surface area contributed by atoms with Gasteiger partial charge in [-0.25, -0.2) is 0 Å². The van der Waals surface area contributed by atoms with E-state index >= 15 is 0 Å².